The molecule has 2 aromatic rings. The molecule has 1 saturated heterocycles. The third-order valence-electron chi connectivity index (χ3n) is 7.97. The van der Waals surface area contributed by atoms with Gasteiger partial charge in [-0.2, -0.15) is 10.4 Å². The first-order valence-corrected chi connectivity index (χ1v) is 11.6. The van der Waals surface area contributed by atoms with Gasteiger partial charge in [0.25, 0.3) is 5.91 Å². The smallest absolute Gasteiger partial charge is 0.251 e. The number of carbonyl (C=O) groups excluding carboxylic acids is 1. The Morgan fingerprint density at radius 1 is 1.16 bits per heavy atom. The van der Waals surface area contributed by atoms with Crippen molar-refractivity contribution in [2.75, 3.05) is 18.0 Å². The second-order valence-electron chi connectivity index (χ2n) is 10.4. The minimum absolute atomic E-state index is 0.00608. The molecule has 0 radical (unpaired) electrons. The number of anilines is 1. The maximum absolute atomic E-state index is 13.4. The van der Waals surface area contributed by atoms with Crippen LogP contribution in [0.2, 0.25) is 0 Å². The first-order valence-electron chi connectivity index (χ1n) is 11.6. The van der Waals surface area contributed by atoms with Crippen molar-refractivity contribution in [3.05, 3.63) is 30.1 Å². The van der Waals surface area contributed by atoms with Crippen LogP contribution in [0.3, 0.4) is 0 Å². The van der Waals surface area contributed by atoms with E-state index in [0.29, 0.717) is 18.8 Å². The molecule has 3 heterocycles. The maximum atomic E-state index is 13.4. The standard InChI is InChI=1S/C24H29N5O2/c1-15-13-28(20-3-2-19(12-25)29-21(20)4-5-26-29)14-22(31-15)23(30)27-24-9-16-6-17(10-24)8-18(7-16)11-24/h2-5,15-18,22H,6-11,13-14H2,1H3,(H,27,30). The molecule has 1 amide bonds. The number of pyridine rings is 1. The van der Waals surface area contributed by atoms with Crippen LogP contribution in [0.25, 0.3) is 5.52 Å². The van der Waals surface area contributed by atoms with Crippen LogP contribution in [0, 0.1) is 29.1 Å². The number of rotatable bonds is 3. The number of fused-ring (bicyclic) bond motifs is 1. The molecule has 31 heavy (non-hydrogen) atoms. The van der Waals surface area contributed by atoms with Gasteiger partial charge in [0.1, 0.15) is 11.8 Å². The topological polar surface area (TPSA) is 82.7 Å². The lowest BCUT2D eigenvalue weighted by molar-refractivity contribution is -0.142. The summed E-state index contributed by atoms with van der Waals surface area (Å²) in [6.07, 6.45) is 8.67. The van der Waals surface area contributed by atoms with Gasteiger partial charge in [0.15, 0.2) is 6.10 Å². The van der Waals surface area contributed by atoms with Crippen LogP contribution < -0.4 is 10.2 Å². The summed E-state index contributed by atoms with van der Waals surface area (Å²) in [7, 11) is 0. The van der Waals surface area contributed by atoms with E-state index in [1.165, 1.54) is 19.3 Å². The van der Waals surface area contributed by atoms with E-state index in [-0.39, 0.29) is 17.6 Å². The SMILES string of the molecule is CC1CN(c2ccc(C#N)n3nccc23)CC(C(=O)NC23CC4CC(CC(C4)C2)C3)O1. The van der Waals surface area contributed by atoms with Gasteiger partial charge in [0, 0.05) is 12.1 Å². The molecule has 162 valence electrons. The maximum Gasteiger partial charge on any atom is 0.251 e. The predicted octanol–water partition coefficient (Wildman–Crippen LogP) is 2.88. The molecule has 7 rings (SSSR count). The molecule has 4 aliphatic carbocycles. The molecular formula is C24H29N5O2. The van der Waals surface area contributed by atoms with Gasteiger partial charge in [-0.25, -0.2) is 4.52 Å². The molecule has 0 aromatic carbocycles. The molecule has 2 unspecified atom stereocenters. The molecule has 0 spiro atoms. The van der Waals surface area contributed by atoms with Gasteiger partial charge in [-0.15, -0.1) is 0 Å². The Hall–Kier alpha value is -2.59. The summed E-state index contributed by atoms with van der Waals surface area (Å²) in [6.45, 7) is 3.23. The molecular weight excluding hydrogens is 390 g/mol. The first kappa shape index (κ1) is 19.1. The zero-order valence-corrected chi connectivity index (χ0v) is 18.0. The van der Waals surface area contributed by atoms with Gasteiger partial charge < -0.3 is 15.0 Å². The van der Waals surface area contributed by atoms with Crippen LogP contribution in [-0.4, -0.2) is 46.4 Å². The highest BCUT2D eigenvalue weighted by Gasteiger charge is 2.52. The number of nitrogens with zero attached hydrogens (tertiary/aromatic N) is 4. The number of carbonyl (C=O) groups is 1. The van der Waals surface area contributed by atoms with Gasteiger partial charge in [-0.1, -0.05) is 0 Å². The fourth-order valence-electron chi connectivity index (χ4n) is 7.25. The van der Waals surface area contributed by atoms with Crippen LogP contribution in [0.15, 0.2) is 24.4 Å². The monoisotopic (exact) mass is 419 g/mol. The molecule has 1 N–H and O–H groups in total. The lowest BCUT2D eigenvalue weighted by Gasteiger charge is -2.57. The Kier molecular flexibility index (Phi) is 4.29. The van der Waals surface area contributed by atoms with Crippen molar-refractivity contribution in [2.45, 2.75) is 63.2 Å². The van der Waals surface area contributed by atoms with Crippen LogP contribution in [-0.2, 0) is 9.53 Å². The summed E-state index contributed by atoms with van der Waals surface area (Å²) in [4.78, 5) is 15.6. The molecule has 4 bridgehead atoms. The number of aromatic nitrogens is 2. The van der Waals surface area contributed by atoms with Crippen LogP contribution >= 0.6 is 0 Å². The molecule has 1 aliphatic heterocycles. The van der Waals surface area contributed by atoms with E-state index in [0.717, 1.165) is 48.2 Å². The highest BCUT2D eigenvalue weighted by Crippen LogP contribution is 2.55. The average Bonchev–Trinajstić information content (AvgIpc) is 3.21. The Morgan fingerprint density at radius 2 is 1.87 bits per heavy atom. The largest absolute Gasteiger partial charge is 0.364 e. The molecule has 7 heteroatoms. The number of ether oxygens (including phenoxy) is 1. The van der Waals surface area contributed by atoms with Gasteiger partial charge >= 0.3 is 0 Å². The van der Waals surface area contributed by atoms with E-state index in [2.05, 4.69) is 21.4 Å². The predicted molar refractivity (Wildman–Crippen MR) is 116 cm³/mol. The van der Waals surface area contributed by atoms with E-state index in [1.807, 2.05) is 19.1 Å². The summed E-state index contributed by atoms with van der Waals surface area (Å²) in [5.74, 6) is 2.42. The van der Waals surface area contributed by atoms with Gasteiger partial charge in [-0.05, 0) is 81.4 Å². The van der Waals surface area contributed by atoms with Crippen molar-refractivity contribution in [3.63, 3.8) is 0 Å². The van der Waals surface area contributed by atoms with E-state index in [1.54, 1.807) is 16.8 Å². The summed E-state index contributed by atoms with van der Waals surface area (Å²) in [5.41, 5.74) is 2.36. The minimum atomic E-state index is -0.490. The van der Waals surface area contributed by atoms with Crippen molar-refractivity contribution in [1.82, 2.24) is 14.9 Å². The highest BCUT2D eigenvalue weighted by atomic mass is 16.5. The van der Waals surface area contributed by atoms with Crippen molar-refractivity contribution in [2.24, 2.45) is 17.8 Å². The Labute approximate surface area is 182 Å². The van der Waals surface area contributed by atoms with Crippen LogP contribution in [0.5, 0.6) is 0 Å². The summed E-state index contributed by atoms with van der Waals surface area (Å²) < 4.78 is 7.79. The van der Waals surface area contributed by atoms with Gasteiger partial charge in [0.2, 0.25) is 0 Å². The number of hydrogen-bond acceptors (Lipinski definition) is 5. The lowest BCUT2D eigenvalue weighted by Crippen LogP contribution is -2.63. The zero-order chi connectivity index (χ0) is 21.2. The normalized spacial score (nSPS) is 36.5. The van der Waals surface area contributed by atoms with Crippen molar-refractivity contribution >= 4 is 17.1 Å². The highest BCUT2D eigenvalue weighted by molar-refractivity contribution is 5.83. The van der Waals surface area contributed by atoms with E-state index >= 15 is 0 Å². The fourth-order valence-corrected chi connectivity index (χ4v) is 7.25. The van der Waals surface area contributed by atoms with E-state index in [4.69, 9.17) is 4.74 Å². The molecule has 7 nitrogen and oxygen atoms in total. The molecule has 4 saturated carbocycles. The number of hydrogen-bond donors (Lipinski definition) is 1. The molecule has 5 fully saturated rings. The fraction of sp³-hybridized carbons (Fsp3) is 0.625. The van der Waals surface area contributed by atoms with Gasteiger partial charge in [0.05, 0.1) is 30.0 Å². The second-order valence-corrected chi connectivity index (χ2v) is 10.4. The third-order valence-corrected chi connectivity index (χ3v) is 7.97. The number of nitriles is 1. The zero-order valence-electron chi connectivity index (χ0n) is 18.0. The van der Waals surface area contributed by atoms with Crippen molar-refractivity contribution in [3.8, 4) is 6.07 Å². The molecule has 2 atom stereocenters. The summed E-state index contributed by atoms with van der Waals surface area (Å²) in [5, 5.41) is 17.1. The van der Waals surface area contributed by atoms with Crippen molar-refractivity contribution in [1.29, 1.82) is 5.26 Å². The average molecular weight is 420 g/mol. The molecule has 2 aromatic heterocycles. The quantitative estimate of drug-likeness (QED) is 0.827. The number of amides is 1. The summed E-state index contributed by atoms with van der Waals surface area (Å²) in [6, 6.07) is 7.86. The molecule has 5 aliphatic rings. The van der Waals surface area contributed by atoms with Crippen molar-refractivity contribution < 1.29 is 9.53 Å². The van der Waals surface area contributed by atoms with E-state index < -0.39 is 6.10 Å². The Bertz CT molecular complexity index is 1030. The van der Waals surface area contributed by atoms with Gasteiger partial charge in [-0.3, -0.25) is 4.79 Å². The minimum Gasteiger partial charge on any atom is -0.364 e. The third kappa shape index (κ3) is 3.20. The number of morpholine rings is 1. The van der Waals surface area contributed by atoms with E-state index in [9.17, 15) is 10.1 Å². The lowest BCUT2D eigenvalue weighted by atomic mass is 9.53. The van der Waals surface area contributed by atoms with Crippen LogP contribution in [0.4, 0.5) is 5.69 Å². The first-order chi connectivity index (χ1) is 15.0. The Morgan fingerprint density at radius 3 is 2.55 bits per heavy atom. The summed E-state index contributed by atoms with van der Waals surface area (Å²) >= 11 is 0. The number of nitrogens with one attached hydrogen (secondary N) is 1. The second kappa shape index (κ2) is 6.96. The van der Waals surface area contributed by atoms with Crippen LogP contribution in [0.1, 0.15) is 51.1 Å². The Balaban J connectivity index is 1.23.